The van der Waals surface area contributed by atoms with Gasteiger partial charge in [0.05, 0.1) is 0 Å². The second kappa shape index (κ2) is 8.35. The minimum Gasteiger partial charge on any atom is -0.361 e. The molecule has 0 bridgehead atoms. The summed E-state index contributed by atoms with van der Waals surface area (Å²) in [6.45, 7) is 2.02. The predicted octanol–water partition coefficient (Wildman–Crippen LogP) is 3.08. The summed E-state index contributed by atoms with van der Waals surface area (Å²) in [7, 11) is 2.00. The highest BCUT2D eigenvalue weighted by molar-refractivity contribution is 7.78. The van der Waals surface area contributed by atoms with Gasteiger partial charge >= 0.3 is 0 Å². The molecule has 1 heterocycles. The maximum absolute atomic E-state index is 4.01. The van der Waals surface area contributed by atoms with Gasteiger partial charge in [0.15, 0.2) is 0 Å². The maximum atomic E-state index is 4.01. The topological polar surface area (TPSA) is 39.9 Å². The van der Waals surface area contributed by atoms with Crippen LogP contribution in [0.15, 0.2) is 24.4 Å². The Morgan fingerprint density at radius 3 is 2.80 bits per heavy atom. The lowest BCUT2D eigenvalue weighted by molar-refractivity contribution is 0.674. The molecule has 0 fully saturated rings. The van der Waals surface area contributed by atoms with Crippen LogP contribution in [0.25, 0.3) is 10.9 Å². The number of hydrogen-bond acceptors (Lipinski definition) is 3. The fourth-order valence-corrected chi connectivity index (χ4v) is 2.72. The van der Waals surface area contributed by atoms with Gasteiger partial charge in [0.2, 0.25) is 0 Å². The van der Waals surface area contributed by atoms with Crippen LogP contribution in [0.2, 0.25) is 0 Å². The summed E-state index contributed by atoms with van der Waals surface area (Å²) < 4.78 is 2.90. The number of hydrogen-bond donors (Lipinski definition) is 4. The number of unbranched alkanes of at least 4 members (excludes halogenated alkanes) is 2. The molecule has 20 heavy (non-hydrogen) atoms. The summed E-state index contributed by atoms with van der Waals surface area (Å²) in [5.74, 6) is 0. The minimum absolute atomic E-state index is 0.994. The Hall–Kier alpha value is -0.970. The van der Waals surface area contributed by atoms with Gasteiger partial charge in [-0.15, -0.1) is 0 Å². The van der Waals surface area contributed by atoms with Crippen LogP contribution in [0.4, 0.5) is 0 Å². The summed E-state index contributed by atoms with van der Waals surface area (Å²) in [5.41, 5.74) is 4.11. The Morgan fingerprint density at radius 2 is 2.00 bits per heavy atom. The second-order valence-corrected chi connectivity index (χ2v) is 5.58. The van der Waals surface area contributed by atoms with Crippen molar-refractivity contribution in [3.8, 4) is 0 Å². The van der Waals surface area contributed by atoms with E-state index in [4.69, 9.17) is 0 Å². The first-order chi connectivity index (χ1) is 9.85. The molecule has 0 amide bonds. The zero-order valence-corrected chi connectivity index (χ0v) is 13.1. The number of rotatable bonds is 9. The van der Waals surface area contributed by atoms with E-state index in [1.54, 1.807) is 0 Å². The first-order valence-electron chi connectivity index (χ1n) is 7.45. The molecule has 0 radical (unpaired) electrons. The van der Waals surface area contributed by atoms with E-state index in [0.717, 1.165) is 19.5 Å². The fourth-order valence-electron chi connectivity index (χ4n) is 2.56. The Balaban J connectivity index is 1.96. The van der Waals surface area contributed by atoms with Gasteiger partial charge in [0.1, 0.15) is 0 Å². The average Bonchev–Trinajstić information content (AvgIpc) is 2.87. The van der Waals surface area contributed by atoms with Crippen molar-refractivity contribution in [3.63, 3.8) is 0 Å². The zero-order valence-electron chi connectivity index (χ0n) is 12.2. The highest BCUT2D eigenvalue weighted by Gasteiger charge is 2.04. The van der Waals surface area contributed by atoms with Gasteiger partial charge in [-0.2, -0.15) is 0 Å². The smallest absolute Gasteiger partial charge is 0.0456 e. The van der Waals surface area contributed by atoms with Crippen molar-refractivity contribution in [2.45, 2.75) is 32.1 Å². The molecule has 2 aromatic rings. The molecule has 4 heteroatoms. The Bertz CT molecular complexity index is 521. The first kappa shape index (κ1) is 15.4. The normalized spacial score (nSPS) is 11.3. The quantitative estimate of drug-likeness (QED) is 0.423. The lowest BCUT2D eigenvalue weighted by Gasteiger charge is -2.04. The first-order valence-corrected chi connectivity index (χ1v) is 7.90. The molecule has 3 N–H and O–H groups in total. The number of aromatic nitrogens is 1. The molecule has 0 saturated heterocycles. The molecule has 0 aliphatic rings. The molecule has 3 nitrogen and oxygen atoms in total. The molecule has 110 valence electrons. The van der Waals surface area contributed by atoms with Crippen LogP contribution in [-0.4, -0.2) is 25.1 Å². The van der Waals surface area contributed by atoms with Gasteiger partial charge in [0.25, 0.3) is 0 Å². The number of thiol groups is 1. The molecule has 1 aromatic heterocycles. The van der Waals surface area contributed by atoms with E-state index in [1.165, 1.54) is 47.7 Å². The van der Waals surface area contributed by atoms with Crippen molar-refractivity contribution in [1.29, 1.82) is 0 Å². The van der Waals surface area contributed by atoms with Crippen LogP contribution in [0.5, 0.6) is 0 Å². The van der Waals surface area contributed by atoms with E-state index in [0.29, 0.717) is 0 Å². The summed E-state index contributed by atoms with van der Waals surface area (Å²) in [6.07, 6.45) is 8.09. The molecule has 2 rings (SSSR count). The number of H-pyrrole nitrogens is 1. The lowest BCUT2D eigenvalue weighted by Crippen LogP contribution is -2.09. The molecule has 0 unspecified atom stereocenters. The highest BCUT2D eigenvalue weighted by Crippen LogP contribution is 2.21. The third kappa shape index (κ3) is 4.27. The van der Waals surface area contributed by atoms with Crippen molar-refractivity contribution < 1.29 is 0 Å². The molecule has 0 saturated carbocycles. The molecule has 1 aromatic carbocycles. The number of fused-ring (bicyclic) bond motifs is 1. The zero-order chi connectivity index (χ0) is 14.2. The Morgan fingerprint density at radius 1 is 1.10 bits per heavy atom. The van der Waals surface area contributed by atoms with Crippen molar-refractivity contribution in [3.05, 3.63) is 35.5 Å². The van der Waals surface area contributed by atoms with Crippen LogP contribution in [0.3, 0.4) is 0 Å². The summed E-state index contributed by atoms with van der Waals surface area (Å²) in [4.78, 5) is 3.36. The van der Waals surface area contributed by atoms with E-state index in [-0.39, 0.29) is 0 Å². The minimum atomic E-state index is 0.994. The van der Waals surface area contributed by atoms with Gasteiger partial charge in [-0.05, 0) is 62.5 Å². The third-order valence-corrected chi connectivity index (χ3v) is 3.95. The fraction of sp³-hybridized carbons (Fsp3) is 0.500. The standard InChI is InChI=1S/C16H25N3S/c1-17-10-8-14-12-18-16-7-6-13(11-15(14)16)5-3-2-4-9-19-20/h6-7,11-12,17-20H,2-5,8-10H2,1H3. The number of nitrogens with one attached hydrogen (secondary N) is 3. The Kier molecular flexibility index (Phi) is 6.43. The summed E-state index contributed by atoms with van der Waals surface area (Å²) in [6, 6.07) is 6.81. The largest absolute Gasteiger partial charge is 0.361 e. The second-order valence-electron chi connectivity index (χ2n) is 5.27. The van der Waals surface area contributed by atoms with Crippen LogP contribution in [0, 0.1) is 0 Å². The number of benzene rings is 1. The molecule has 0 atom stereocenters. The molecule has 0 aliphatic heterocycles. The lowest BCUT2D eigenvalue weighted by atomic mass is 10.0. The van der Waals surface area contributed by atoms with E-state index in [9.17, 15) is 0 Å². The van der Waals surface area contributed by atoms with Crippen LogP contribution >= 0.6 is 12.8 Å². The van der Waals surface area contributed by atoms with E-state index in [1.807, 2.05) is 7.05 Å². The molecular formula is C16H25N3S. The molecule has 0 aliphatic carbocycles. The SMILES string of the molecule is CNCCc1c[nH]c2ccc(CCCCCNS)cc12. The summed E-state index contributed by atoms with van der Waals surface area (Å²) in [5, 5.41) is 4.60. The van der Waals surface area contributed by atoms with E-state index in [2.05, 4.69) is 52.2 Å². The average molecular weight is 291 g/mol. The van der Waals surface area contributed by atoms with Crippen molar-refractivity contribution in [2.75, 3.05) is 20.1 Å². The molecular weight excluding hydrogens is 266 g/mol. The van der Waals surface area contributed by atoms with Crippen LogP contribution in [-0.2, 0) is 12.8 Å². The third-order valence-electron chi connectivity index (χ3n) is 3.73. The van der Waals surface area contributed by atoms with Gasteiger partial charge in [-0.3, -0.25) is 4.72 Å². The predicted molar refractivity (Wildman–Crippen MR) is 90.5 cm³/mol. The Labute approximate surface area is 127 Å². The van der Waals surface area contributed by atoms with Gasteiger partial charge < -0.3 is 10.3 Å². The monoisotopic (exact) mass is 291 g/mol. The van der Waals surface area contributed by atoms with Crippen molar-refractivity contribution in [1.82, 2.24) is 15.0 Å². The van der Waals surface area contributed by atoms with Crippen LogP contribution in [0.1, 0.15) is 30.4 Å². The highest BCUT2D eigenvalue weighted by atomic mass is 32.1. The van der Waals surface area contributed by atoms with Crippen molar-refractivity contribution in [2.24, 2.45) is 0 Å². The maximum Gasteiger partial charge on any atom is 0.0456 e. The molecule has 0 spiro atoms. The summed E-state index contributed by atoms with van der Waals surface area (Å²) >= 11 is 4.01. The van der Waals surface area contributed by atoms with E-state index >= 15 is 0 Å². The van der Waals surface area contributed by atoms with Gasteiger partial charge in [-0.1, -0.05) is 25.3 Å². The number of aromatic amines is 1. The van der Waals surface area contributed by atoms with Gasteiger partial charge in [0, 0.05) is 23.6 Å². The number of likely N-dealkylation sites (N-methyl/N-ethyl adjacent to an activating group) is 1. The van der Waals surface area contributed by atoms with Gasteiger partial charge in [-0.25, -0.2) is 0 Å². The number of aryl methyl sites for hydroxylation is 1. The van der Waals surface area contributed by atoms with Crippen LogP contribution < -0.4 is 10.0 Å². The van der Waals surface area contributed by atoms with Crippen molar-refractivity contribution >= 4 is 23.7 Å². The van der Waals surface area contributed by atoms with E-state index < -0.39 is 0 Å².